The smallest absolute Gasteiger partial charge is 0.147 e. The van der Waals surface area contributed by atoms with Gasteiger partial charge in [0.2, 0.25) is 0 Å². The van der Waals surface area contributed by atoms with Crippen molar-refractivity contribution in [3.05, 3.63) is 0 Å². The Morgan fingerprint density at radius 3 is 2.43 bits per heavy atom. The molecule has 84 valence electrons. The number of ether oxygens (including phenoxy) is 3. The van der Waals surface area contributed by atoms with Crippen molar-refractivity contribution in [3.8, 4) is 0 Å². The molecule has 3 nitrogen and oxygen atoms in total. The zero-order valence-corrected chi connectivity index (χ0v) is 9.38. The topological polar surface area (TPSA) is 27.7 Å². The van der Waals surface area contributed by atoms with Crippen molar-refractivity contribution in [2.75, 3.05) is 27.1 Å². The molecule has 0 radical (unpaired) electrons. The van der Waals surface area contributed by atoms with Crippen molar-refractivity contribution in [2.24, 2.45) is 0 Å². The van der Waals surface area contributed by atoms with Crippen LogP contribution in [0.1, 0.15) is 39.0 Å². The third kappa shape index (κ3) is 4.40. The first-order valence-electron chi connectivity index (χ1n) is 5.47. The van der Waals surface area contributed by atoms with Crippen molar-refractivity contribution in [1.29, 1.82) is 0 Å². The van der Waals surface area contributed by atoms with E-state index in [1.807, 2.05) is 0 Å². The van der Waals surface area contributed by atoms with Crippen LogP contribution in [-0.4, -0.2) is 32.7 Å². The molecule has 1 fully saturated rings. The van der Waals surface area contributed by atoms with E-state index in [2.05, 4.69) is 6.92 Å². The van der Waals surface area contributed by atoms with Crippen LogP contribution < -0.4 is 0 Å². The molecule has 14 heavy (non-hydrogen) atoms. The van der Waals surface area contributed by atoms with E-state index >= 15 is 0 Å². The van der Waals surface area contributed by atoms with Gasteiger partial charge in [0, 0.05) is 7.11 Å². The molecule has 0 amide bonds. The van der Waals surface area contributed by atoms with Crippen LogP contribution in [0, 0.1) is 0 Å². The van der Waals surface area contributed by atoms with E-state index < -0.39 is 0 Å². The SMILES string of the molecule is COCCOCOC1(C)CCCCC1. The summed E-state index contributed by atoms with van der Waals surface area (Å²) in [5.41, 5.74) is 0.0608. The van der Waals surface area contributed by atoms with Gasteiger partial charge in [0.25, 0.3) is 0 Å². The van der Waals surface area contributed by atoms with Crippen LogP contribution in [0.4, 0.5) is 0 Å². The Labute approximate surface area is 86.7 Å². The predicted molar refractivity (Wildman–Crippen MR) is 55.3 cm³/mol. The molecule has 0 saturated heterocycles. The maximum absolute atomic E-state index is 5.74. The van der Waals surface area contributed by atoms with Gasteiger partial charge in [-0.15, -0.1) is 0 Å². The lowest BCUT2D eigenvalue weighted by Gasteiger charge is -2.33. The Kier molecular flexibility index (Phi) is 5.45. The molecule has 1 aliphatic carbocycles. The Morgan fingerprint density at radius 2 is 1.79 bits per heavy atom. The summed E-state index contributed by atoms with van der Waals surface area (Å²) in [6.07, 6.45) is 6.26. The molecule has 0 unspecified atom stereocenters. The first kappa shape index (κ1) is 12.0. The molecule has 0 heterocycles. The van der Waals surface area contributed by atoms with Crippen molar-refractivity contribution >= 4 is 0 Å². The monoisotopic (exact) mass is 202 g/mol. The van der Waals surface area contributed by atoms with Gasteiger partial charge >= 0.3 is 0 Å². The van der Waals surface area contributed by atoms with Gasteiger partial charge in [-0.3, -0.25) is 0 Å². The molecule has 0 aromatic heterocycles. The normalized spacial score (nSPS) is 21.0. The summed E-state index contributed by atoms with van der Waals surface area (Å²) in [5.74, 6) is 0. The van der Waals surface area contributed by atoms with Gasteiger partial charge in [-0.1, -0.05) is 19.3 Å². The van der Waals surface area contributed by atoms with E-state index in [-0.39, 0.29) is 5.60 Å². The zero-order chi connectivity index (χ0) is 10.3. The quantitative estimate of drug-likeness (QED) is 0.489. The summed E-state index contributed by atoms with van der Waals surface area (Å²) in [7, 11) is 1.67. The molecule has 0 aromatic rings. The fourth-order valence-corrected chi connectivity index (χ4v) is 1.83. The molecule has 0 bridgehead atoms. The van der Waals surface area contributed by atoms with Crippen LogP contribution in [0.5, 0.6) is 0 Å². The molecule has 1 aliphatic rings. The highest BCUT2D eigenvalue weighted by Crippen LogP contribution is 2.30. The molecule has 0 atom stereocenters. The maximum atomic E-state index is 5.74. The summed E-state index contributed by atoms with van der Waals surface area (Å²) in [6, 6.07) is 0. The molecule has 1 saturated carbocycles. The second kappa shape index (κ2) is 6.38. The van der Waals surface area contributed by atoms with Crippen LogP contribution >= 0.6 is 0 Å². The Balaban J connectivity index is 2.03. The van der Waals surface area contributed by atoms with Gasteiger partial charge in [-0.25, -0.2) is 0 Å². The molecule has 3 heteroatoms. The highest BCUT2D eigenvalue weighted by molar-refractivity contribution is 4.78. The third-order valence-corrected chi connectivity index (χ3v) is 2.83. The van der Waals surface area contributed by atoms with Gasteiger partial charge in [0.1, 0.15) is 6.79 Å². The van der Waals surface area contributed by atoms with Gasteiger partial charge in [-0.2, -0.15) is 0 Å². The minimum absolute atomic E-state index is 0.0608. The number of hydrogen-bond acceptors (Lipinski definition) is 3. The second-order valence-electron chi connectivity index (χ2n) is 4.17. The second-order valence-corrected chi connectivity index (χ2v) is 4.17. The highest BCUT2D eigenvalue weighted by atomic mass is 16.7. The number of hydrogen-bond donors (Lipinski definition) is 0. The molecular weight excluding hydrogens is 180 g/mol. The molecular formula is C11H22O3. The fraction of sp³-hybridized carbons (Fsp3) is 1.00. The lowest BCUT2D eigenvalue weighted by molar-refractivity contribution is -0.151. The largest absolute Gasteiger partial charge is 0.382 e. The lowest BCUT2D eigenvalue weighted by Crippen LogP contribution is -2.32. The highest BCUT2D eigenvalue weighted by Gasteiger charge is 2.27. The summed E-state index contributed by atoms with van der Waals surface area (Å²) in [5, 5.41) is 0. The molecule has 1 rings (SSSR count). The third-order valence-electron chi connectivity index (χ3n) is 2.83. The Morgan fingerprint density at radius 1 is 1.07 bits per heavy atom. The number of rotatable bonds is 6. The fourth-order valence-electron chi connectivity index (χ4n) is 1.83. The van der Waals surface area contributed by atoms with E-state index in [0.717, 1.165) is 0 Å². The van der Waals surface area contributed by atoms with Crippen LogP contribution in [0.2, 0.25) is 0 Å². The van der Waals surface area contributed by atoms with Crippen molar-refractivity contribution in [3.63, 3.8) is 0 Å². The van der Waals surface area contributed by atoms with Crippen LogP contribution in [0.3, 0.4) is 0 Å². The van der Waals surface area contributed by atoms with E-state index in [0.29, 0.717) is 20.0 Å². The van der Waals surface area contributed by atoms with E-state index in [4.69, 9.17) is 14.2 Å². The van der Waals surface area contributed by atoms with Crippen molar-refractivity contribution in [1.82, 2.24) is 0 Å². The molecule has 0 spiro atoms. The summed E-state index contributed by atoms with van der Waals surface area (Å²) in [4.78, 5) is 0. The van der Waals surface area contributed by atoms with Crippen molar-refractivity contribution in [2.45, 2.75) is 44.6 Å². The Bertz CT molecular complexity index is 141. The minimum atomic E-state index is 0.0608. The maximum Gasteiger partial charge on any atom is 0.147 e. The molecule has 0 aromatic carbocycles. The molecule has 0 aliphatic heterocycles. The first-order chi connectivity index (χ1) is 6.77. The predicted octanol–water partition coefficient (Wildman–Crippen LogP) is 2.35. The summed E-state index contributed by atoms with van der Waals surface area (Å²) < 4.78 is 15.9. The van der Waals surface area contributed by atoms with Gasteiger partial charge in [-0.05, 0) is 19.8 Å². The van der Waals surface area contributed by atoms with Crippen LogP contribution in [0.15, 0.2) is 0 Å². The summed E-state index contributed by atoms with van der Waals surface area (Å²) in [6.45, 7) is 3.85. The minimum Gasteiger partial charge on any atom is -0.382 e. The van der Waals surface area contributed by atoms with Crippen LogP contribution in [-0.2, 0) is 14.2 Å². The molecule has 0 N–H and O–H groups in total. The van der Waals surface area contributed by atoms with Gasteiger partial charge in [0.15, 0.2) is 0 Å². The lowest BCUT2D eigenvalue weighted by atomic mass is 9.86. The van der Waals surface area contributed by atoms with E-state index in [1.54, 1.807) is 7.11 Å². The van der Waals surface area contributed by atoms with E-state index in [9.17, 15) is 0 Å². The van der Waals surface area contributed by atoms with Gasteiger partial charge < -0.3 is 14.2 Å². The summed E-state index contributed by atoms with van der Waals surface area (Å²) >= 11 is 0. The standard InChI is InChI=1S/C11H22O3/c1-11(6-4-3-5-7-11)14-10-13-9-8-12-2/h3-10H2,1-2H3. The van der Waals surface area contributed by atoms with Gasteiger partial charge in [0.05, 0.1) is 18.8 Å². The first-order valence-corrected chi connectivity index (χ1v) is 5.47. The van der Waals surface area contributed by atoms with E-state index in [1.165, 1.54) is 32.1 Å². The number of methoxy groups -OCH3 is 1. The van der Waals surface area contributed by atoms with Crippen LogP contribution in [0.25, 0.3) is 0 Å². The Hall–Kier alpha value is -0.120. The zero-order valence-electron chi connectivity index (χ0n) is 9.38. The average molecular weight is 202 g/mol. The van der Waals surface area contributed by atoms with Crippen molar-refractivity contribution < 1.29 is 14.2 Å². The average Bonchev–Trinajstić information content (AvgIpc) is 2.18.